The maximum atomic E-state index is 7.99. The van der Waals surface area contributed by atoms with E-state index < -0.39 is 0 Å². The van der Waals surface area contributed by atoms with Crippen LogP contribution in [0.5, 0.6) is 0 Å². The largest absolute Gasteiger partial charge is 0.378 e. The zero-order chi connectivity index (χ0) is 11.8. The van der Waals surface area contributed by atoms with E-state index in [2.05, 4.69) is 15.0 Å². The van der Waals surface area contributed by atoms with E-state index in [9.17, 15) is 0 Å². The Morgan fingerprint density at radius 2 is 2.25 bits per heavy atom. The zero-order valence-electron chi connectivity index (χ0n) is 9.56. The average molecular weight is 240 g/mol. The lowest BCUT2D eigenvalue weighted by molar-refractivity contribution is 0.122. The number of hydrogen-bond donors (Lipinski definition) is 0. The third-order valence-electron chi connectivity index (χ3n) is 2.58. The van der Waals surface area contributed by atoms with Crippen LogP contribution in [0.2, 0.25) is 5.28 Å². The van der Waals surface area contributed by atoms with Gasteiger partial charge in [0.2, 0.25) is 5.28 Å². The molecular weight excluding hydrogens is 228 g/mol. The van der Waals surface area contributed by atoms with Crippen molar-refractivity contribution in [2.75, 3.05) is 31.2 Å². The van der Waals surface area contributed by atoms with Gasteiger partial charge in [0.1, 0.15) is 0 Å². The van der Waals surface area contributed by atoms with Gasteiger partial charge in [-0.05, 0) is 23.7 Å². The Bertz CT molecular complexity index is 552. The van der Waals surface area contributed by atoms with Gasteiger partial charge in [0, 0.05) is 13.1 Å². The first-order chi connectivity index (χ1) is 8.24. The highest BCUT2D eigenvalue weighted by molar-refractivity contribution is 6.28. The smallest absolute Gasteiger partial charge is 0.243 e. The summed E-state index contributed by atoms with van der Waals surface area (Å²) in [5.74, 6) is 0. The molecular formula is C10H11ClN4O. The lowest BCUT2D eigenvalue weighted by Gasteiger charge is -2.28. The predicted octanol–water partition coefficient (Wildman–Crippen LogP) is 1.22. The molecule has 1 aliphatic rings. The number of aromatic nitrogens is 3. The summed E-state index contributed by atoms with van der Waals surface area (Å²) in [6.07, 6.45) is 1.79. The Hall–Kier alpha value is -1.33. The van der Waals surface area contributed by atoms with E-state index in [1.807, 2.05) is 0 Å². The zero-order valence-corrected chi connectivity index (χ0v) is 9.31. The molecule has 0 spiro atoms. The molecule has 0 atom stereocenters. The van der Waals surface area contributed by atoms with Crippen molar-refractivity contribution < 1.29 is 6.11 Å². The Morgan fingerprint density at radius 3 is 3.06 bits per heavy atom. The molecule has 0 N–H and O–H groups in total. The minimum Gasteiger partial charge on any atom is -0.378 e. The second-order valence-corrected chi connectivity index (χ2v) is 3.92. The van der Waals surface area contributed by atoms with Gasteiger partial charge in [0.25, 0.3) is 0 Å². The molecule has 0 radical (unpaired) electrons. The number of rotatable bonds is 1. The second kappa shape index (κ2) is 3.92. The van der Waals surface area contributed by atoms with Crippen LogP contribution in [0.1, 0.15) is 1.37 Å². The van der Waals surface area contributed by atoms with Crippen molar-refractivity contribution >= 4 is 22.9 Å². The Morgan fingerprint density at radius 1 is 1.44 bits per heavy atom. The topological polar surface area (TPSA) is 42.7 Å². The number of hydrogen-bond acceptors (Lipinski definition) is 4. The van der Waals surface area contributed by atoms with E-state index >= 15 is 0 Å². The van der Waals surface area contributed by atoms with Gasteiger partial charge < -0.3 is 9.64 Å². The van der Waals surface area contributed by atoms with Crippen LogP contribution >= 0.6 is 11.6 Å². The van der Waals surface area contributed by atoms with E-state index in [0.29, 0.717) is 24.9 Å². The van der Waals surface area contributed by atoms with E-state index in [0.717, 1.165) is 18.8 Å². The van der Waals surface area contributed by atoms with Gasteiger partial charge in [-0.25, -0.2) is 4.52 Å². The second-order valence-electron chi connectivity index (χ2n) is 3.59. The molecule has 1 aliphatic heterocycles. The SMILES string of the molecule is [2H]c1cc2nc(Cl)nn2cc1N1CCOCC1. The molecule has 0 bridgehead atoms. The van der Waals surface area contributed by atoms with E-state index in [1.54, 1.807) is 16.8 Å². The molecule has 0 unspecified atom stereocenters. The van der Waals surface area contributed by atoms with Gasteiger partial charge in [-0.2, -0.15) is 4.98 Å². The molecule has 0 aromatic carbocycles. The molecule has 2 aromatic heterocycles. The lowest BCUT2D eigenvalue weighted by Crippen LogP contribution is -2.36. The normalized spacial score (nSPS) is 17.8. The number of ether oxygens (including phenoxy) is 1. The first kappa shape index (κ1) is 8.78. The number of halogens is 1. The van der Waals surface area contributed by atoms with Crippen LogP contribution in [-0.4, -0.2) is 40.9 Å². The summed E-state index contributed by atoms with van der Waals surface area (Å²) < 4.78 is 14.9. The summed E-state index contributed by atoms with van der Waals surface area (Å²) in [5, 5.41) is 4.24. The van der Waals surface area contributed by atoms with E-state index in [-0.39, 0.29) is 5.28 Å². The molecule has 1 saturated heterocycles. The fourth-order valence-electron chi connectivity index (χ4n) is 1.77. The highest BCUT2D eigenvalue weighted by atomic mass is 35.5. The van der Waals surface area contributed by atoms with Crippen molar-refractivity contribution in [2.45, 2.75) is 0 Å². The fraction of sp³-hybridized carbons (Fsp3) is 0.400. The minimum atomic E-state index is 0.198. The Labute approximate surface area is 99.0 Å². The number of anilines is 1. The van der Waals surface area contributed by atoms with Gasteiger partial charge in [0.05, 0.1) is 26.5 Å². The molecule has 16 heavy (non-hydrogen) atoms. The molecule has 0 saturated carbocycles. The van der Waals surface area contributed by atoms with Crippen molar-refractivity contribution in [3.63, 3.8) is 0 Å². The van der Waals surface area contributed by atoms with Crippen LogP contribution in [0.15, 0.2) is 18.3 Å². The molecule has 3 rings (SSSR count). The van der Waals surface area contributed by atoms with Gasteiger partial charge >= 0.3 is 0 Å². The molecule has 5 nitrogen and oxygen atoms in total. The first-order valence-corrected chi connectivity index (χ1v) is 5.47. The van der Waals surface area contributed by atoms with Crippen molar-refractivity contribution in [3.05, 3.63) is 23.6 Å². The summed E-state index contributed by atoms with van der Waals surface area (Å²) in [7, 11) is 0. The van der Waals surface area contributed by atoms with Crippen molar-refractivity contribution in [2.24, 2.45) is 0 Å². The fourth-order valence-corrected chi connectivity index (χ4v) is 1.94. The maximum Gasteiger partial charge on any atom is 0.243 e. The quantitative estimate of drug-likeness (QED) is 0.751. The molecule has 84 valence electrons. The van der Waals surface area contributed by atoms with Crippen LogP contribution in [-0.2, 0) is 4.74 Å². The van der Waals surface area contributed by atoms with Crippen LogP contribution in [0.25, 0.3) is 5.65 Å². The summed E-state index contributed by atoms with van der Waals surface area (Å²) in [6, 6.07) is 2.10. The summed E-state index contributed by atoms with van der Waals surface area (Å²) in [6.45, 7) is 2.96. The Balaban J connectivity index is 2.05. The first-order valence-electron chi connectivity index (χ1n) is 5.59. The number of morpholine rings is 1. The summed E-state index contributed by atoms with van der Waals surface area (Å²) in [4.78, 5) is 6.13. The van der Waals surface area contributed by atoms with E-state index in [4.69, 9.17) is 17.7 Å². The highest BCUT2D eigenvalue weighted by Crippen LogP contribution is 2.17. The molecule has 0 aliphatic carbocycles. The van der Waals surface area contributed by atoms with Crippen LogP contribution in [0.3, 0.4) is 0 Å². The van der Waals surface area contributed by atoms with Crippen LogP contribution in [0, 0.1) is 0 Å². The van der Waals surface area contributed by atoms with Gasteiger partial charge in [-0.3, -0.25) is 0 Å². The Kier molecular flexibility index (Phi) is 2.15. The monoisotopic (exact) mass is 239 g/mol. The van der Waals surface area contributed by atoms with Crippen molar-refractivity contribution in [3.8, 4) is 0 Å². The number of nitrogens with zero attached hydrogens (tertiary/aromatic N) is 4. The molecule has 3 heterocycles. The summed E-state index contributed by atoms with van der Waals surface area (Å²) in [5.41, 5.74) is 1.43. The molecule has 1 fully saturated rings. The van der Waals surface area contributed by atoms with Crippen molar-refractivity contribution in [1.82, 2.24) is 14.6 Å². The van der Waals surface area contributed by atoms with Gasteiger partial charge in [-0.1, -0.05) is 0 Å². The highest BCUT2D eigenvalue weighted by Gasteiger charge is 2.12. The lowest BCUT2D eigenvalue weighted by atomic mass is 10.3. The summed E-state index contributed by atoms with van der Waals surface area (Å²) >= 11 is 5.74. The number of pyridine rings is 1. The molecule has 2 aromatic rings. The third-order valence-corrected chi connectivity index (χ3v) is 2.74. The average Bonchev–Trinajstić information content (AvgIpc) is 2.68. The van der Waals surface area contributed by atoms with Crippen LogP contribution < -0.4 is 4.90 Å². The minimum absolute atomic E-state index is 0.198. The van der Waals surface area contributed by atoms with Crippen molar-refractivity contribution in [1.29, 1.82) is 0 Å². The third kappa shape index (κ3) is 1.72. The predicted molar refractivity (Wildman–Crippen MR) is 61.0 cm³/mol. The van der Waals surface area contributed by atoms with E-state index in [1.165, 1.54) is 0 Å². The standard InChI is InChI=1S/C10H11ClN4O/c11-10-12-9-2-1-8(7-15(9)13-10)14-3-5-16-6-4-14/h1-2,7H,3-6H2/i1D. The van der Waals surface area contributed by atoms with Gasteiger partial charge in [0.15, 0.2) is 5.65 Å². The molecule has 0 amide bonds. The van der Waals surface area contributed by atoms with Crippen LogP contribution in [0.4, 0.5) is 5.69 Å². The van der Waals surface area contributed by atoms with Gasteiger partial charge in [-0.15, -0.1) is 5.10 Å². The maximum absolute atomic E-state index is 7.99. The number of fused-ring (bicyclic) bond motifs is 1. The molecule has 6 heteroatoms.